The van der Waals surface area contributed by atoms with Gasteiger partial charge in [-0.25, -0.2) is 0 Å². The van der Waals surface area contributed by atoms with Gasteiger partial charge < -0.3 is 5.32 Å². The van der Waals surface area contributed by atoms with Gasteiger partial charge in [-0.1, -0.05) is 32.6 Å². The summed E-state index contributed by atoms with van der Waals surface area (Å²) >= 11 is 0. The van der Waals surface area contributed by atoms with Crippen LogP contribution in [-0.2, 0) is 0 Å². The zero-order valence-corrected chi connectivity index (χ0v) is 9.84. The number of nitriles is 1. The summed E-state index contributed by atoms with van der Waals surface area (Å²) in [6.45, 7) is 6.52. The molecule has 2 heteroatoms. The van der Waals surface area contributed by atoms with Crippen molar-refractivity contribution in [3.63, 3.8) is 0 Å². The number of hydrogen-bond acceptors (Lipinski definition) is 2. The van der Waals surface area contributed by atoms with E-state index < -0.39 is 0 Å². The molecule has 82 valence electrons. The topological polar surface area (TPSA) is 35.8 Å². The lowest BCUT2D eigenvalue weighted by Gasteiger charge is -2.17. The Bertz CT molecular complexity index is 160. The number of hydrogen-bond donors (Lipinski definition) is 1. The zero-order chi connectivity index (χ0) is 10.8. The summed E-state index contributed by atoms with van der Waals surface area (Å²) in [7, 11) is 0. The average molecular weight is 196 g/mol. The summed E-state index contributed by atoms with van der Waals surface area (Å²) < 4.78 is 0. The van der Waals surface area contributed by atoms with Crippen molar-refractivity contribution < 1.29 is 0 Å². The van der Waals surface area contributed by atoms with Crippen molar-refractivity contribution >= 4 is 0 Å². The normalized spacial score (nSPS) is 14.7. The van der Waals surface area contributed by atoms with Crippen LogP contribution in [0.2, 0.25) is 0 Å². The second kappa shape index (κ2) is 9.02. The van der Waals surface area contributed by atoms with Crippen molar-refractivity contribution in [2.75, 3.05) is 0 Å². The highest BCUT2D eigenvalue weighted by Gasteiger charge is 2.05. The lowest BCUT2D eigenvalue weighted by molar-refractivity contribution is 0.433. The molecular weight excluding hydrogens is 172 g/mol. The van der Waals surface area contributed by atoms with Gasteiger partial charge in [-0.3, -0.25) is 0 Å². The Morgan fingerprint density at radius 3 is 2.43 bits per heavy atom. The van der Waals surface area contributed by atoms with Crippen LogP contribution in [0.25, 0.3) is 0 Å². The number of unbranched alkanes of at least 4 members (excludes halogenated alkanes) is 3. The minimum absolute atomic E-state index is 0.334. The molecule has 2 atom stereocenters. The SMILES string of the molecule is CCCCCCC(C)NC(C)CC#N. The maximum Gasteiger partial charge on any atom is 0.0638 e. The molecule has 0 aromatic carbocycles. The van der Waals surface area contributed by atoms with Crippen LogP contribution in [0.3, 0.4) is 0 Å². The van der Waals surface area contributed by atoms with Crippen molar-refractivity contribution in [1.29, 1.82) is 5.26 Å². The van der Waals surface area contributed by atoms with Gasteiger partial charge in [0.05, 0.1) is 12.5 Å². The third-order valence-corrected chi connectivity index (χ3v) is 2.46. The van der Waals surface area contributed by atoms with E-state index in [2.05, 4.69) is 32.2 Å². The summed E-state index contributed by atoms with van der Waals surface area (Å²) in [6, 6.07) is 3.07. The molecule has 14 heavy (non-hydrogen) atoms. The largest absolute Gasteiger partial charge is 0.311 e. The standard InChI is InChI=1S/C12H24N2/c1-4-5-6-7-8-11(2)14-12(3)9-10-13/h11-12,14H,4-9H2,1-3H3. The molecule has 0 bridgehead atoms. The van der Waals surface area contributed by atoms with E-state index in [0.29, 0.717) is 18.5 Å². The first kappa shape index (κ1) is 13.4. The Morgan fingerprint density at radius 1 is 1.14 bits per heavy atom. The van der Waals surface area contributed by atoms with Crippen LogP contribution in [0.15, 0.2) is 0 Å². The zero-order valence-electron chi connectivity index (χ0n) is 9.84. The maximum atomic E-state index is 8.51. The molecule has 2 nitrogen and oxygen atoms in total. The predicted molar refractivity (Wildman–Crippen MR) is 61.0 cm³/mol. The number of rotatable bonds is 8. The van der Waals surface area contributed by atoms with Crippen LogP contribution in [0.1, 0.15) is 59.3 Å². The van der Waals surface area contributed by atoms with Crippen LogP contribution in [0.4, 0.5) is 0 Å². The molecule has 0 aliphatic rings. The first-order valence-electron chi connectivity index (χ1n) is 5.83. The maximum absolute atomic E-state index is 8.51. The van der Waals surface area contributed by atoms with E-state index in [1.54, 1.807) is 0 Å². The predicted octanol–water partition coefficient (Wildman–Crippen LogP) is 3.24. The van der Waals surface area contributed by atoms with Crippen molar-refractivity contribution in [3.05, 3.63) is 0 Å². The highest BCUT2D eigenvalue weighted by molar-refractivity contribution is 4.79. The fourth-order valence-corrected chi connectivity index (χ4v) is 1.64. The highest BCUT2D eigenvalue weighted by atomic mass is 14.9. The number of nitrogens with one attached hydrogen (secondary N) is 1. The van der Waals surface area contributed by atoms with Gasteiger partial charge in [-0.05, 0) is 20.3 Å². The van der Waals surface area contributed by atoms with Gasteiger partial charge >= 0.3 is 0 Å². The van der Waals surface area contributed by atoms with Gasteiger partial charge in [-0.15, -0.1) is 0 Å². The van der Waals surface area contributed by atoms with Gasteiger partial charge in [-0.2, -0.15) is 5.26 Å². The molecule has 0 fully saturated rings. The summed E-state index contributed by atoms with van der Waals surface area (Å²) in [5.74, 6) is 0. The molecule has 0 saturated heterocycles. The minimum Gasteiger partial charge on any atom is -0.311 e. The molecule has 0 radical (unpaired) electrons. The quantitative estimate of drug-likeness (QED) is 0.605. The van der Waals surface area contributed by atoms with Crippen LogP contribution in [0, 0.1) is 11.3 Å². The molecule has 0 aromatic rings. The molecule has 0 rings (SSSR count). The molecule has 0 aromatic heterocycles. The smallest absolute Gasteiger partial charge is 0.0638 e. The fourth-order valence-electron chi connectivity index (χ4n) is 1.64. The second-order valence-electron chi connectivity index (χ2n) is 4.18. The van der Waals surface area contributed by atoms with Crippen LogP contribution < -0.4 is 5.32 Å². The van der Waals surface area contributed by atoms with Gasteiger partial charge in [0.25, 0.3) is 0 Å². The Labute approximate surface area is 88.7 Å². The molecule has 1 N–H and O–H groups in total. The van der Waals surface area contributed by atoms with E-state index in [4.69, 9.17) is 5.26 Å². The Balaban J connectivity index is 3.36. The average Bonchev–Trinajstić information content (AvgIpc) is 2.13. The Morgan fingerprint density at radius 2 is 1.86 bits per heavy atom. The highest BCUT2D eigenvalue weighted by Crippen LogP contribution is 2.06. The van der Waals surface area contributed by atoms with E-state index in [-0.39, 0.29) is 0 Å². The molecule has 0 saturated carbocycles. The first-order chi connectivity index (χ1) is 6.70. The van der Waals surface area contributed by atoms with Gasteiger partial charge in [0.1, 0.15) is 0 Å². The van der Waals surface area contributed by atoms with Crippen molar-refractivity contribution in [1.82, 2.24) is 5.32 Å². The van der Waals surface area contributed by atoms with Crippen molar-refractivity contribution in [2.45, 2.75) is 71.4 Å². The third kappa shape index (κ3) is 8.07. The monoisotopic (exact) mass is 196 g/mol. The Hall–Kier alpha value is -0.550. The molecule has 2 unspecified atom stereocenters. The van der Waals surface area contributed by atoms with Crippen molar-refractivity contribution in [2.24, 2.45) is 0 Å². The fraction of sp³-hybridized carbons (Fsp3) is 0.917. The summed E-state index contributed by atoms with van der Waals surface area (Å²) in [5, 5.41) is 11.9. The summed E-state index contributed by atoms with van der Waals surface area (Å²) in [6.07, 6.45) is 7.14. The third-order valence-electron chi connectivity index (χ3n) is 2.46. The molecule has 0 amide bonds. The van der Waals surface area contributed by atoms with Crippen LogP contribution in [-0.4, -0.2) is 12.1 Å². The minimum atomic E-state index is 0.334. The van der Waals surface area contributed by atoms with E-state index in [9.17, 15) is 0 Å². The molecule has 0 aliphatic heterocycles. The van der Waals surface area contributed by atoms with E-state index in [0.717, 1.165) is 0 Å². The lowest BCUT2D eigenvalue weighted by Crippen LogP contribution is -2.34. The lowest BCUT2D eigenvalue weighted by atomic mass is 10.1. The summed E-state index contributed by atoms with van der Waals surface area (Å²) in [4.78, 5) is 0. The molecule has 0 heterocycles. The van der Waals surface area contributed by atoms with E-state index >= 15 is 0 Å². The van der Waals surface area contributed by atoms with Gasteiger partial charge in [0.2, 0.25) is 0 Å². The molecule has 0 aliphatic carbocycles. The number of nitrogens with zero attached hydrogens (tertiary/aromatic N) is 1. The first-order valence-corrected chi connectivity index (χ1v) is 5.83. The van der Waals surface area contributed by atoms with Gasteiger partial charge in [0.15, 0.2) is 0 Å². The molecule has 0 spiro atoms. The molecular formula is C12H24N2. The second-order valence-corrected chi connectivity index (χ2v) is 4.18. The van der Waals surface area contributed by atoms with Crippen LogP contribution >= 0.6 is 0 Å². The summed E-state index contributed by atoms with van der Waals surface area (Å²) in [5.41, 5.74) is 0. The van der Waals surface area contributed by atoms with Crippen molar-refractivity contribution in [3.8, 4) is 6.07 Å². The van der Waals surface area contributed by atoms with Gasteiger partial charge in [0, 0.05) is 12.1 Å². The van der Waals surface area contributed by atoms with E-state index in [1.165, 1.54) is 32.1 Å². The Kier molecular flexibility index (Phi) is 8.67. The van der Waals surface area contributed by atoms with Crippen LogP contribution in [0.5, 0.6) is 0 Å². The van der Waals surface area contributed by atoms with E-state index in [1.807, 2.05) is 0 Å².